The summed E-state index contributed by atoms with van der Waals surface area (Å²) in [4.78, 5) is 11.1. The van der Waals surface area contributed by atoms with Gasteiger partial charge in [-0.25, -0.2) is 17.9 Å². The number of aromatic carboxylic acids is 1. The Kier molecular flexibility index (Phi) is 4.73. The summed E-state index contributed by atoms with van der Waals surface area (Å²) < 4.78 is 25.1. The SMILES string of the molecule is Cn1nnnc1SCc1c(S(C)(=O)=O)ccc(C(=O)O)c1Cl. The molecular weight excluding hydrogens is 352 g/mol. The third kappa shape index (κ3) is 3.39. The zero-order chi connectivity index (χ0) is 16.5. The fourth-order valence-electron chi connectivity index (χ4n) is 1.73. The van der Waals surface area contributed by atoms with E-state index in [2.05, 4.69) is 15.5 Å². The molecule has 0 aliphatic rings. The Hall–Kier alpha value is -1.65. The summed E-state index contributed by atoms with van der Waals surface area (Å²) in [5, 5.41) is 20.4. The lowest BCUT2D eigenvalue weighted by Gasteiger charge is -2.11. The Morgan fingerprint density at radius 1 is 1.45 bits per heavy atom. The molecule has 118 valence electrons. The Labute approximate surface area is 135 Å². The van der Waals surface area contributed by atoms with Crippen molar-refractivity contribution in [2.75, 3.05) is 6.26 Å². The molecule has 0 aliphatic carbocycles. The number of halogens is 1. The van der Waals surface area contributed by atoms with Crippen molar-refractivity contribution < 1.29 is 18.3 Å². The van der Waals surface area contributed by atoms with Gasteiger partial charge in [0.25, 0.3) is 0 Å². The van der Waals surface area contributed by atoms with Gasteiger partial charge in [-0.05, 0) is 22.6 Å². The van der Waals surface area contributed by atoms with Crippen molar-refractivity contribution in [2.24, 2.45) is 7.05 Å². The highest BCUT2D eigenvalue weighted by Crippen LogP contribution is 2.32. The van der Waals surface area contributed by atoms with E-state index in [0.29, 0.717) is 5.16 Å². The maximum atomic E-state index is 11.9. The number of hydrogen-bond acceptors (Lipinski definition) is 7. The summed E-state index contributed by atoms with van der Waals surface area (Å²) in [6.45, 7) is 0. The lowest BCUT2D eigenvalue weighted by Crippen LogP contribution is -2.07. The molecule has 1 aromatic carbocycles. The van der Waals surface area contributed by atoms with Crippen molar-refractivity contribution in [3.8, 4) is 0 Å². The van der Waals surface area contributed by atoms with E-state index in [9.17, 15) is 13.2 Å². The van der Waals surface area contributed by atoms with Gasteiger partial charge in [0.2, 0.25) is 5.16 Å². The van der Waals surface area contributed by atoms with E-state index in [1.807, 2.05) is 0 Å². The first kappa shape index (κ1) is 16.7. The van der Waals surface area contributed by atoms with Gasteiger partial charge in [0.05, 0.1) is 15.5 Å². The highest BCUT2D eigenvalue weighted by atomic mass is 35.5. The molecule has 2 aromatic rings. The van der Waals surface area contributed by atoms with Crippen LogP contribution in [0, 0.1) is 0 Å². The number of aryl methyl sites for hydroxylation is 1. The van der Waals surface area contributed by atoms with Gasteiger partial charge >= 0.3 is 5.97 Å². The molecule has 11 heteroatoms. The molecule has 0 spiro atoms. The van der Waals surface area contributed by atoms with E-state index in [0.717, 1.165) is 18.0 Å². The van der Waals surface area contributed by atoms with Gasteiger partial charge in [-0.2, -0.15) is 0 Å². The van der Waals surface area contributed by atoms with E-state index in [-0.39, 0.29) is 26.8 Å². The summed E-state index contributed by atoms with van der Waals surface area (Å²) >= 11 is 7.23. The maximum absolute atomic E-state index is 11.9. The zero-order valence-electron chi connectivity index (χ0n) is 11.5. The number of benzene rings is 1. The number of aromatic nitrogens is 4. The van der Waals surface area contributed by atoms with E-state index in [1.165, 1.54) is 16.8 Å². The predicted octanol–water partition coefficient (Wildman–Crippen LogP) is 1.26. The monoisotopic (exact) mass is 362 g/mol. The van der Waals surface area contributed by atoms with Gasteiger partial charge in [0.1, 0.15) is 0 Å². The van der Waals surface area contributed by atoms with Crippen LogP contribution < -0.4 is 0 Å². The second kappa shape index (κ2) is 6.23. The molecule has 0 saturated carbocycles. The molecule has 1 N–H and O–H groups in total. The fraction of sp³-hybridized carbons (Fsp3) is 0.273. The summed E-state index contributed by atoms with van der Waals surface area (Å²) in [6, 6.07) is 2.43. The number of nitrogens with zero attached hydrogens (tertiary/aromatic N) is 4. The van der Waals surface area contributed by atoms with Gasteiger partial charge in [-0.15, -0.1) is 5.10 Å². The average molecular weight is 363 g/mol. The van der Waals surface area contributed by atoms with Gasteiger partial charge in [-0.3, -0.25) is 0 Å². The molecule has 0 bridgehead atoms. The minimum atomic E-state index is -3.55. The van der Waals surface area contributed by atoms with Crippen LogP contribution in [0.1, 0.15) is 15.9 Å². The summed E-state index contributed by atoms with van der Waals surface area (Å²) in [5.74, 6) is -1.10. The highest BCUT2D eigenvalue weighted by molar-refractivity contribution is 7.98. The van der Waals surface area contributed by atoms with Crippen molar-refractivity contribution in [1.29, 1.82) is 0 Å². The van der Waals surface area contributed by atoms with Gasteiger partial charge in [-0.1, -0.05) is 23.4 Å². The molecule has 0 saturated heterocycles. The van der Waals surface area contributed by atoms with Crippen molar-refractivity contribution in [3.63, 3.8) is 0 Å². The van der Waals surface area contributed by atoms with Crippen molar-refractivity contribution in [3.05, 3.63) is 28.3 Å². The highest BCUT2D eigenvalue weighted by Gasteiger charge is 2.22. The van der Waals surface area contributed by atoms with Gasteiger partial charge in [0.15, 0.2) is 9.84 Å². The second-order valence-electron chi connectivity index (χ2n) is 4.35. The lowest BCUT2D eigenvalue weighted by atomic mass is 10.1. The maximum Gasteiger partial charge on any atom is 0.337 e. The number of thioether (sulfide) groups is 1. The van der Waals surface area contributed by atoms with Crippen molar-refractivity contribution in [1.82, 2.24) is 20.2 Å². The average Bonchev–Trinajstić information content (AvgIpc) is 2.81. The van der Waals surface area contributed by atoms with Crippen molar-refractivity contribution in [2.45, 2.75) is 15.8 Å². The summed E-state index contributed by atoms with van der Waals surface area (Å²) in [5.41, 5.74) is 0.0674. The fourth-order valence-corrected chi connectivity index (χ4v) is 4.10. The normalized spacial score (nSPS) is 11.6. The minimum absolute atomic E-state index is 0.00914. The van der Waals surface area contributed by atoms with E-state index in [1.54, 1.807) is 7.05 Å². The van der Waals surface area contributed by atoms with Crippen LogP contribution >= 0.6 is 23.4 Å². The topological polar surface area (TPSA) is 115 Å². The first-order chi connectivity index (χ1) is 10.2. The standard InChI is InChI=1S/C11H11ClN4O4S2/c1-16-11(13-14-15-16)21-5-7-8(22(2,19)20)4-3-6(9(7)12)10(17)18/h3-4H,5H2,1-2H3,(H,17,18). The van der Waals surface area contributed by atoms with Crippen LogP contribution in [0.4, 0.5) is 0 Å². The Morgan fingerprint density at radius 3 is 2.64 bits per heavy atom. The lowest BCUT2D eigenvalue weighted by molar-refractivity contribution is 0.0697. The molecule has 0 atom stereocenters. The molecular formula is C11H11ClN4O4S2. The molecule has 0 fully saturated rings. The summed E-state index contributed by atoms with van der Waals surface area (Å²) in [6.07, 6.45) is 1.04. The van der Waals surface area contributed by atoms with Crippen LogP contribution in [0.3, 0.4) is 0 Å². The molecule has 8 nitrogen and oxygen atoms in total. The molecule has 1 heterocycles. The van der Waals surface area contributed by atoms with E-state index >= 15 is 0 Å². The number of tetrazole rings is 1. The molecule has 1 aromatic heterocycles. The third-order valence-corrected chi connectivity index (χ3v) is 5.41. The first-order valence-corrected chi connectivity index (χ1v) is 9.07. The van der Waals surface area contributed by atoms with Gasteiger partial charge < -0.3 is 5.11 Å². The number of carboxylic acid groups (broad SMARTS) is 1. The second-order valence-corrected chi connectivity index (χ2v) is 7.66. The molecule has 22 heavy (non-hydrogen) atoms. The largest absolute Gasteiger partial charge is 0.478 e. The number of rotatable bonds is 5. The Morgan fingerprint density at radius 2 is 2.14 bits per heavy atom. The molecule has 2 rings (SSSR count). The number of hydrogen-bond donors (Lipinski definition) is 1. The van der Waals surface area contributed by atoms with Crippen LogP contribution in [0.25, 0.3) is 0 Å². The van der Waals surface area contributed by atoms with Crippen LogP contribution in [0.5, 0.6) is 0 Å². The minimum Gasteiger partial charge on any atom is -0.478 e. The third-order valence-electron chi connectivity index (χ3n) is 2.76. The first-order valence-electron chi connectivity index (χ1n) is 5.81. The van der Waals surface area contributed by atoms with Crippen LogP contribution in [-0.4, -0.2) is 46.0 Å². The van der Waals surface area contributed by atoms with E-state index < -0.39 is 15.8 Å². The molecule has 0 unspecified atom stereocenters. The zero-order valence-corrected chi connectivity index (χ0v) is 13.9. The van der Waals surface area contributed by atoms with Crippen molar-refractivity contribution >= 4 is 39.2 Å². The Balaban J connectivity index is 2.48. The molecule has 0 radical (unpaired) electrons. The quantitative estimate of drug-likeness (QED) is 0.790. The number of sulfone groups is 1. The van der Waals surface area contributed by atoms with E-state index in [4.69, 9.17) is 16.7 Å². The molecule has 0 aliphatic heterocycles. The Bertz CT molecular complexity index is 835. The number of carboxylic acids is 1. The van der Waals surface area contributed by atoms with Gasteiger partial charge in [0, 0.05) is 24.6 Å². The smallest absolute Gasteiger partial charge is 0.337 e. The van der Waals surface area contributed by atoms with Crippen LogP contribution in [-0.2, 0) is 22.6 Å². The van der Waals surface area contributed by atoms with Crippen LogP contribution in [0.2, 0.25) is 5.02 Å². The summed E-state index contributed by atoms with van der Waals surface area (Å²) in [7, 11) is -1.91. The molecule has 0 amide bonds. The number of carbonyl (C=O) groups is 1. The van der Waals surface area contributed by atoms with Crippen LogP contribution in [0.15, 0.2) is 22.2 Å². The predicted molar refractivity (Wildman–Crippen MR) is 79.9 cm³/mol.